The third kappa shape index (κ3) is 6.38. The highest BCUT2D eigenvalue weighted by Gasteiger charge is 2.21. The minimum atomic E-state index is -0.386. The summed E-state index contributed by atoms with van der Waals surface area (Å²) in [7, 11) is 0. The average molecular weight is 450 g/mol. The Bertz CT molecular complexity index is 1020. The van der Waals surface area contributed by atoms with Crippen LogP contribution in [0.2, 0.25) is 0 Å². The number of nitrogens with one attached hydrogen (secondary N) is 3. The smallest absolute Gasteiger partial charge is 0.333 e. The molecule has 4 rings (SSSR count). The van der Waals surface area contributed by atoms with Crippen molar-refractivity contribution in [2.45, 2.75) is 31.8 Å². The maximum Gasteiger partial charge on any atom is 0.333 e. The number of amides is 3. The summed E-state index contributed by atoms with van der Waals surface area (Å²) in [6.07, 6.45) is 1.88. The maximum atomic E-state index is 12.2. The molecule has 1 aromatic heterocycles. The van der Waals surface area contributed by atoms with Gasteiger partial charge in [-0.15, -0.1) is 11.3 Å². The second-order valence-electron chi connectivity index (χ2n) is 7.87. The normalized spacial score (nSPS) is 14.6. The first-order valence-electron chi connectivity index (χ1n) is 10.8. The number of aromatic nitrogens is 1. The number of carbonyl (C=O) groups is 2. The van der Waals surface area contributed by atoms with E-state index in [-0.39, 0.29) is 24.4 Å². The lowest BCUT2D eigenvalue weighted by atomic mass is 10.0. The van der Waals surface area contributed by atoms with Gasteiger partial charge in [0.2, 0.25) is 5.91 Å². The lowest BCUT2D eigenvalue weighted by Crippen LogP contribution is -2.52. The molecule has 2 heterocycles. The molecule has 0 unspecified atom stereocenters. The van der Waals surface area contributed by atoms with E-state index in [1.807, 2.05) is 41.8 Å². The van der Waals surface area contributed by atoms with Crippen LogP contribution >= 0.6 is 11.3 Å². The van der Waals surface area contributed by atoms with Crippen molar-refractivity contribution in [3.05, 3.63) is 77.3 Å². The van der Waals surface area contributed by atoms with Crippen LogP contribution in [0.15, 0.2) is 66.0 Å². The molecule has 3 aromatic rings. The quantitative estimate of drug-likeness (QED) is 0.504. The first kappa shape index (κ1) is 22.0. The van der Waals surface area contributed by atoms with Gasteiger partial charge in [-0.05, 0) is 18.4 Å². The predicted molar refractivity (Wildman–Crippen MR) is 126 cm³/mol. The van der Waals surface area contributed by atoms with Gasteiger partial charge in [0, 0.05) is 36.6 Å². The zero-order valence-corrected chi connectivity index (χ0v) is 18.6. The molecule has 1 saturated heterocycles. The summed E-state index contributed by atoms with van der Waals surface area (Å²) < 4.78 is 0. The van der Waals surface area contributed by atoms with E-state index < -0.39 is 0 Å². The van der Waals surface area contributed by atoms with E-state index in [0.29, 0.717) is 5.69 Å². The Morgan fingerprint density at radius 3 is 2.38 bits per heavy atom. The third-order valence-corrected chi connectivity index (χ3v) is 6.34. The summed E-state index contributed by atoms with van der Waals surface area (Å²) in [4.78, 5) is 31.2. The van der Waals surface area contributed by atoms with Crippen molar-refractivity contribution in [2.75, 3.05) is 13.1 Å². The summed E-state index contributed by atoms with van der Waals surface area (Å²) in [6.45, 7) is 2.79. The van der Waals surface area contributed by atoms with Crippen LogP contribution in [0.3, 0.4) is 0 Å². The molecule has 1 aliphatic heterocycles. The number of urea groups is 1. The number of likely N-dealkylation sites (tertiary alicyclic amines) is 1. The van der Waals surface area contributed by atoms with Gasteiger partial charge in [0.1, 0.15) is 5.01 Å². The predicted octanol–water partition coefficient (Wildman–Crippen LogP) is 3.35. The lowest BCUT2D eigenvalue weighted by Gasteiger charge is -2.32. The molecule has 0 saturated carbocycles. The van der Waals surface area contributed by atoms with E-state index in [0.717, 1.165) is 43.0 Å². The van der Waals surface area contributed by atoms with Crippen LogP contribution in [0.5, 0.6) is 0 Å². The van der Waals surface area contributed by atoms with Crippen LogP contribution in [0.1, 0.15) is 24.1 Å². The number of carbonyl (C=O) groups excluding carboxylic acids is 2. The first-order chi connectivity index (χ1) is 15.7. The number of rotatable bonds is 6. The Morgan fingerprint density at radius 1 is 0.969 bits per heavy atom. The molecule has 0 spiro atoms. The van der Waals surface area contributed by atoms with Crippen LogP contribution in [-0.2, 0) is 17.8 Å². The van der Waals surface area contributed by atoms with Crippen LogP contribution in [0, 0.1) is 0 Å². The maximum absolute atomic E-state index is 12.2. The fourth-order valence-corrected chi connectivity index (χ4v) is 4.56. The van der Waals surface area contributed by atoms with E-state index in [9.17, 15) is 9.59 Å². The highest BCUT2D eigenvalue weighted by Crippen LogP contribution is 2.23. The summed E-state index contributed by atoms with van der Waals surface area (Å²) >= 11 is 1.50. The van der Waals surface area contributed by atoms with Crippen LogP contribution in [0.25, 0.3) is 10.6 Å². The molecule has 1 fully saturated rings. The fraction of sp³-hybridized carbons (Fsp3) is 0.292. The van der Waals surface area contributed by atoms with Gasteiger partial charge in [-0.2, -0.15) is 0 Å². The van der Waals surface area contributed by atoms with Gasteiger partial charge < -0.3 is 5.32 Å². The molecule has 2 aromatic carbocycles. The van der Waals surface area contributed by atoms with Crippen molar-refractivity contribution < 1.29 is 9.59 Å². The van der Waals surface area contributed by atoms with Crippen molar-refractivity contribution in [3.8, 4) is 10.6 Å². The molecule has 0 atom stereocenters. The van der Waals surface area contributed by atoms with Crippen LogP contribution < -0.4 is 16.2 Å². The molecular formula is C24H27N5O2S. The van der Waals surface area contributed by atoms with Crippen molar-refractivity contribution in [1.29, 1.82) is 0 Å². The van der Waals surface area contributed by atoms with Gasteiger partial charge in [0.15, 0.2) is 0 Å². The fourth-order valence-electron chi connectivity index (χ4n) is 3.74. The monoisotopic (exact) mass is 449 g/mol. The highest BCUT2D eigenvalue weighted by atomic mass is 32.1. The number of nitrogens with zero attached hydrogens (tertiary/aromatic N) is 2. The minimum absolute atomic E-state index is 0.103. The molecule has 3 amide bonds. The molecule has 0 bridgehead atoms. The Hall–Kier alpha value is -3.23. The van der Waals surface area contributed by atoms with E-state index in [2.05, 4.69) is 50.3 Å². The SMILES string of the molecule is O=C(Cc1csc(-c2ccccc2)n1)NNC(=O)NC1CCN(Cc2ccccc2)CC1. The van der Waals surface area contributed by atoms with Gasteiger partial charge in [-0.3, -0.25) is 15.1 Å². The summed E-state index contributed by atoms with van der Waals surface area (Å²) in [5, 5.41) is 5.68. The molecule has 7 nitrogen and oxygen atoms in total. The zero-order chi connectivity index (χ0) is 22.2. The molecule has 0 aliphatic carbocycles. The molecule has 166 valence electrons. The first-order valence-corrected chi connectivity index (χ1v) is 11.6. The van der Waals surface area contributed by atoms with E-state index in [1.54, 1.807) is 0 Å². The van der Waals surface area contributed by atoms with Crippen molar-refractivity contribution in [1.82, 2.24) is 26.1 Å². The number of hydrogen-bond acceptors (Lipinski definition) is 5. The molecule has 32 heavy (non-hydrogen) atoms. The second kappa shape index (κ2) is 10.9. The summed E-state index contributed by atoms with van der Waals surface area (Å²) in [6, 6.07) is 20.0. The number of benzene rings is 2. The van der Waals surface area contributed by atoms with Crippen LogP contribution in [0.4, 0.5) is 4.79 Å². The lowest BCUT2D eigenvalue weighted by molar-refractivity contribution is -0.121. The topological polar surface area (TPSA) is 86.4 Å². The van der Waals surface area contributed by atoms with Crippen molar-refractivity contribution >= 4 is 23.3 Å². The Morgan fingerprint density at radius 2 is 1.66 bits per heavy atom. The van der Waals surface area contributed by atoms with Crippen LogP contribution in [-0.4, -0.2) is 41.0 Å². The highest BCUT2D eigenvalue weighted by molar-refractivity contribution is 7.13. The Balaban J connectivity index is 1.15. The van der Waals surface area contributed by atoms with Gasteiger partial charge in [0.25, 0.3) is 0 Å². The van der Waals surface area contributed by atoms with Crippen molar-refractivity contribution in [2.24, 2.45) is 0 Å². The molecule has 8 heteroatoms. The zero-order valence-electron chi connectivity index (χ0n) is 17.8. The number of hydrogen-bond donors (Lipinski definition) is 3. The molecule has 1 aliphatic rings. The molecule has 0 radical (unpaired) electrons. The van der Waals surface area contributed by atoms with Gasteiger partial charge in [0.05, 0.1) is 12.1 Å². The minimum Gasteiger partial charge on any atom is -0.334 e. The standard InChI is InChI=1S/C24H27N5O2S/c30-22(15-21-17-32-23(25-21)19-9-5-2-6-10-19)27-28-24(31)26-20-11-13-29(14-12-20)16-18-7-3-1-4-8-18/h1-10,17,20H,11-16H2,(H,27,30)(H2,26,28,31). The number of thiazole rings is 1. The summed E-state index contributed by atoms with van der Waals surface area (Å²) in [5.74, 6) is -0.303. The third-order valence-electron chi connectivity index (χ3n) is 5.40. The van der Waals surface area contributed by atoms with E-state index >= 15 is 0 Å². The van der Waals surface area contributed by atoms with Gasteiger partial charge in [-0.25, -0.2) is 15.2 Å². The Labute approximate surface area is 191 Å². The van der Waals surface area contributed by atoms with E-state index in [1.165, 1.54) is 16.9 Å². The van der Waals surface area contributed by atoms with Gasteiger partial charge >= 0.3 is 6.03 Å². The Kier molecular flexibility index (Phi) is 7.47. The molecular weight excluding hydrogens is 422 g/mol. The largest absolute Gasteiger partial charge is 0.334 e. The van der Waals surface area contributed by atoms with Gasteiger partial charge in [-0.1, -0.05) is 60.7 Å². The van der Waals surface area contributed by atoms with Crippen molar-refractivity contribution in [3.63, 3.8) is 0 Å². The molecule has 3 N–H and O–H groups in total. The second-order valence-corrected chi connectivity index (χ2v) is 8.73. The number of piperidine rings is 1. The summed E-state index contributed by atoms with van der Waals surface area (Å²) in [5.41, 5.74) is 7.92. The van der Waals surface area contributed by atoms with E-state index in [4.69, 9.17) is 0 Å². The average Bonchev–Trinajstić information content (AvgIpc) is 3.29. The number of hydrazine groups is 1.